The van der Waals surface area contributed by atoms with E-state index in [9.17, 15) is 0 Å². The second-order valence-electron chi connectivity index (χ2n) is 2.88. The first-order valence-electron chi connectivity index (χ1n) is 4.56. The Morgan fingerprint density at radius 1 is 0.800 bits per heavy atom. The minimum Gasteiger partial charge on any atom is -0.371 e. The molecule has 0 atom stereocenters. The fourth-order valence-corrected chi connectivity index (χ4v) is 1.42. The molecule has 0 aromatic carbocycles. The van der Waals surface area contributed by atoms with Crippen LogP contribution in [-0.2, 0) is 0 Å². The molecule has 0 unspecified atom stereocenters. The van der Waals surface area contributed by atoms with Crippen LogP contribution < -0.4 is 62.0 Å². The van der Waals surface area contributed by atoms with Crippen LogP contribution in [-0.4, -0.2) is 21.7 Å². The van der Waals surface area contributed by atoms with E-state index < -0.39 is 0 Å². The van der Waals surface area contributed by atoms with Gasteiger partial charge in [-0.1, -0.05) is 37.3 Å². The zero-order valence-electron chi connectivity index (χ0n) is 8.95. The van der Waals surface area contributed by atoms with Gasteiger partial charge in [0.25, 0.3) is 0 Å². The molecule has 0 bridgehead atoms. The van der Waals surface area contributed by atoms with Crippen LogP contribution >= 0.6 is 49.7 Å². The van der Waals surface area contributed by atoms with E-state index in [4.69, 9.17) is 24.4 Å². The van der Waals surface area contributed by atoms with Crippen molar-refractivity contribution in [3.8, 4) is 0 Å². The summed E-state index contributed by atoms with van der Waals surface area (Å²) in [5.74, 6) is 0. The minimum absolute atomic E-state index is 0. The van der Waals surface area contributed by atoms with Crippen molar-refractivity contribution < 1.29 is 51.4 Å². The van der Waals surface area contributed by atoms with Gasteiger partial charge in [0.2, 0.25) is 0 Å². The van der Waals surface area contributed by atoms with Gasteiger partial charge in [-0.15, -0.1) is 25.3 Å². The molecule has 0 aromatic heterocycles. The molecule has 0 fully saturated rings. The van der Waals surface area contributed by atoms with E-state index >= 15 is 0 Å². The molecule has 82 valence electrons. The summed E-state index contributed by atoms with van der Waals surface area (Å²) in [6.45, 7) is 1.83. The van der Waals surface area contributed by atoms with Gasteiger partial charge in [0.05, 0.1) is 0 Å². The van der Waals surface area contributed by atoms with Crippen molar-refractivity contribution >= 4 is 58.3 Å². The second kappa shape index (κ2) is 14.2. The maximum Gasteiger partial charge on any atom is 1.00 e. The summed E-state index contributed by atoms with van der Waals surface area (Å²) in [7, 11) is 0. The molecule has 0 spiro atoms. The third kappa shape index (κ3) is 18.7. The third-order valence-corrected chi connectivity index (χ3v) is 2.26. The van der Waals surface area contributed by atoms with Crippen LogP contribution in [0.5, 0.6) is 0 Å². The number of thiocarbonyl (C=S) groups is 2. The van der Waals surface area contributed by atoms with Crippen LogP contribution in [0.1, 0.15) is 25.7 Å². The Balaban J connectivity index is 0. The molecule has 0 aromatic rings. The summed E-state index contributed by atoms with van der Waals surface area (Å²) >= 11 is 17.5. The van der Waals surface area contributed by atoms with Crippen molar-refractivity contribution in [2.75, 3.05) is 13.1 Å². The number of rotatable bonds is 7. The average molecular weight is 308 g/mol. The molecule has 0 aliphatic heterocycles. The van der Waals surface area contributed by atoms with Crippen molar-refractivity contribution in [1.29, 1.82) is 0 Å². The molecule has 0 radical (unpaired) electrons. The molecule has 7 heteroatoms. The fraction of sp³-hybridized carbons (Fsp3) is 0.750. The first-order valence-corrected chi connectivity index (χ1v) is 6.27. The molecule has 0 heterocycles. The summed E-state index contributed by atoms with van der Waals surface area (Å²) in [6, 6.07) is 0. The quantitative estimate of drug-likeness (QED) is 0.213. The van der Waals surface area contributed by atoms with Crippen molar-refractivity contribution in [2.24, 2.45) is 0 Å². The summed E-state index contributed by atoms with van der Waals surface area (Å²) in [6.07, 6.45) is 4.66. The van der Waals surface area contributed by atoms with Crippen LogP contribution in [0.2, 0.25) is 0 Å². The monoisotopic (exact) mass is 307 g/mol. The normalized spacial score (nSPS) is 8.93. The fourth-order valence-electron chi connectivity index (χ4n) is 0.994. The zero-order chi connectivity index (χ0) is 10.8. The smallest absolute Gasteiger partial charge is 0.371 e. The number of nitrogens with one attached hydrogen (secondary N) is 2. The Bertz CT molecular complexity index is 169. The van der Waals surface area contributed by atoms with Gasteiger partial charge in [-0.05, 0) is 12.8 Å². The van der Waals surface area contributed by atoms with Crippen molar-refractivity contribution in [2.45, 2.75) is 25.7 Å². The first-order chi connectivity index (χ1) is 6.63. The molecule has 0 aliphatic rings. The molecular weight excluding hydrogens is 291 g/mol. The van der Waals surface area contributed by atoms with Gasteiger partial charge < -0.3 is 10.6 Å². The van der Waals surface area contributed by atoms with Gasteiger partial charge in [0.1, 0.15) is 8.64 Å². The Morgan fingerprint density at radius 2 is 1.13 bits per heavy atom. The second-order valence-corrected chi connectivity index (χ2v) is 5.19. The Kier molecular flexibility index (Phi) is 18.4. The van der Waals surface area contributed by atoms with E-state index in [1.54, 1.807) is 0 Å². The van der Waals surface area contributed by atoms with Gasteiger partial charge in [-0.2, -0.15) is 0 Å². The Hall–Kier alpha value is 2.12. The predicted molar refractivity (Wildman–Crippen MR) is 77.6 cm³/mol. The van der Waals surface area contributed by atoms with Crippen molar-refractivity contribution in [3.63, 3.8) is 0 Å². The number of hydrogen-bond donors (Lipinski definition) is 4. The number of hydrogen-bond acceptors (Lipinski definition) is 2. The maximum atomic E-state index is 4.76. The van der Waals surface area contributed by atoms with Crippen LogP contribution in [0.4, 0.5) is 0 Å². The predicted octanol–water partition coefficient (Wildman–Crippen LogP) is -0.841. The van der Waals surface area contributed by atoms with E-state index in [1.165, 1.54) is 12.8 Å². The maximum absolute atomic E-state index is 4.76. The van der Waals surface area contributed by atoms with Gasteiger partial charge in [0, 0.05) is 13.1 Å². The van der Waals surface area contributed by atoms with Crippen LogP contribution in [0.15, 0.2) is 0 Å². The molecule has 15 heavy (non-hydrogen) atoms. The van der Waals surface area contributed by atoms with Crippen molar-refractivity contribution in [1.82, 2.24) is 10.6 Å². The van der Waals surface area contributed by atoms with E-state index in [2.05, 4.69) is 35.9 Å². The van der Waals surface area contributed by atoms with Crippen LogP contribution in [0.25, 0.3) is 0 Å². The SMILES string of the molecule is S=C(S)NCCCCCCNC(=S)S.[K+]. The summed E-state index contributed by atoms with van der Waals surface area (Å²) in [5.41, 5.74) is 0. The largest absolute Gasteiger partial charge is 1.00 e. The van der Waals surface area contributed by atoms with Gasteiger partial charge in [-0.25, -0.2) is 0 Å². The van der Waals surface area contributed by atoms with E-state index in [0.29, 0.717) is 8.64 Å². The molecule has 0 amide bonds. The van der Waals surface area contributed by atoms with Crippen LogP contribution in [0, 0.1) is 0 Å². The molecule has 0 aliphatic carbocycles. The zero-order valence-corrected chi connectivity index (χ0v) is 15.5. The third-order valence-electron chi connectivity index (χ3n) is 1.66. The van der Waals surface area contributed by atoms with Crippen LogP contribution in [0.3, 0.4) is 0 Å². The van der Waals surface area contributed by atoms with E-state index in [-0.39, 0.29) is 51.4 Å². The van der Waals surface area contributed by atoms with Crippen molar-refractivity contribution in [3.05, 3.63) is 0 Å². The summed E-state index contributed by atoms with van der Waals surface area (Å²) in [5, 5.41) is 6.00. The van der Waals surface area contributed by atoms with Gasteiger partial charge in [-0.3, -0.25) is 0 Å². The Morgan fingerprint density at radius 3 is 1.40 bits per heavy atom. The molecule has 0 rings (SSSR count). The topological polar surface area (TPSA) is 24.1 Å². The first kappa shape index (κ1) is 19.5. The summed E-state index contributed by atoms with van der Waals surface area (Å²) in [4.78, 5) is 0. The van der Waals surface area contributed by atoms with Gasteiger partial charge >= 0.3 is 51.4 Å². The van der Waals surface area contributed by atoms with E-state index in [0.717, 1.165) is 25.9 Å². The van der Waals surface area contributed by atoms with Gasteiger partial charge in [0.15, 0.2) is 0 Å². The number of unbranched alkanes of at least 4 members (excludes halogenated alkanes) is 3. The molecule has 2 N–H and O–H groups in total. The standard InChI is InChI=1S/C8H16N2S4.K/c11-7(12)9-5-3-1-2-4-6-10-8(13)14;/h1-6H2,(H2,9,11,12)(H2,10,13,14);/q;+1. The average Bonchev–Trinajstić information content (AvgIpc) is 2.08. The molecule has 0 saturated carbocycles. The van der Waals surface area contributed by atoms with E-state index in [1.807, 2.05) is 0 Å². The Labute approximate surface area is 156 Å². The molecule has 2 nitrogen and oxygen atoms in total. The minimum atomic E-state index is 0. The molecule has 0 saturated heterocycles. The summed E-state index contributed by atoms with van der Waals surface area (Å²) < 4.78 is 1.15. The number of thiol groups is 2. The molecular formula is C8H16KN2S4+.